The maximum Gasteiger partial charge on any atom is 0.335 e. The van der Waals surface area contributed by atoms with E-state index in [4.69, 9.17) is 0 Å². The van der Waals surface area contributed by atoms with Crippen LogP contribution in [0.5, 0.6) is 0 Å². The second kappa shape index (κ2) is 11.9. The number of benzene rings is 2. The van der Waals surface area contributed by atoms with Crippen molar-refractivity contribution in [3.63, 3.8) is 0 Å². The van der Waals surface area contributed by atoms with Gasteiger partial charge in [-0.05, 0) is 60.4 Å². The van der Waals surface area contributed by atoms with Crippen LogP contribution in [0.25, 0.3) is 0 Å². The Kier molecular flexibility index (Phi) is 9.31. The van der Waals surface area contributed by atoms with Crippen LogP contribution >= 0.6 is 0 Å². The normalized spacial score (nSPS) is 10.5. The molecule has 0 unspecified atom stereocenters. The van der Waals surface area contributed by atoms with Crippen molar-refractivity contribution in [2.45, 2.75) is 71.6 Å². The van der Waals surface area contributed by atoms with E-state index in [0.717, 1.165) is 60.8 Å². The minimum absolute atomic E-state index is 0.169. The molecule has 0 saturated heterocycles. The summed E-state index contributed by atoms with van der Waals surface area (Å²) in [5.74, 6) is 10.8. The van der Waals surface area contributed by atoms with Gasteiger partial charge in [-0.1, -0.05) is 64.2 Å². The molecule has 0 aromatic heterocycles. The summed E-state index contributed by atoms with van der Waals surface area (Å²) in [6, 6.07) is 9.90. The highest BCUT2D eigenvalue weighted by molar-refractivity contribution is 5.89. The van der Waals surface area contributed by atoms with E-state index < -0.39 is 17.4 Å². The Hall–Kier alpha value is -3.50. The zero-order chi connectivity index (χ0) is 24.4. The number of rotatable bonds is 8. The summed E-state index contributed by atoms with van der Waals surface area (Å²) in [5.41, 5.74) is 2.58. The van der Waals surface area contributed by atoms with Gasteiger partial charge in [0.2, 0.25) is 0 Å². The average Bonchev–Trinajstić information content (AvgIpc) is 2.79. The van der Waals surface area contributed by atoms with E-state index in [1.165, 1.54) is 0 Å². The van der Waals surface area contributed by atoms with Gasteiger partial charge in [0.05, 0.1) is 11.1 Å². The average molecular weight is 445 g/mol. The summed E-state index contributed by atoms with van der Waals surface area (Å²) in [7, 11) is 0. The van der Waals surface area contributed by atoms with Gasteiger partial charge in [0, 0.05) is 29.4 Å². The van der Waals surface area contributed by atoms with E-state index in [2.05, 4.69) is 37.5 Å². The molecule has 172 valence electrons. The molecule has 0 heterocycles. The standard InChI is InChI=1S/C29H32O4/c1-5-7-9-11-13-21-15-17-23(27(30)31)19-25(21)29(3,4)26-20-24(28(32)33)18-16-22(26)14-12-10-8-6-2/h15-20H,5-10H2,1-4H3,(H,30,31)(H,32,33). The fourth-order valence-corrected chi connectivity index (χ4v) is 3.60. The smallest absolute Gasteiger partial charge is 0.335 e. The zero-order valence-corrected chi connectivity index (χ0v) is 19.9. The van der Waals surface area contributed by atoms with Gasteiger partial charge in [-0.15, -0.1) is 0 Å². The number of carboxylic acids is 2. The molecular weight excluding hydrogens is 412 g/mol. The van der Waals surface area contributed by atoms with Gasteiger partial charge in [-0.25, -0.2) is 9.59 Å². The van der Waals surface area contributed by atoms with Gasteiger partial charge in [0.15, 0.2) is 0 Å². The largest absolute Gasteiger partial charge is 0.478 e. The van der Waals surface area contributed by atoms with Crippen LogP contribution in [0.1, 0.15) is 109 Å². The Labute approximate surface area is 197 Å². The number of carboxylic acid groups (broad SMARTS) is 2. The SMILES string of the molecule is CCCCC#Cc1ccc(C(=O)O)cc1C(C)(C)c1cc(C(=O)O)ccc1C#CCCCC. The minimum Gasteiger partial charge on any atom is -0.478 e. The van der Waals surface area contributed by atoms with Gasteiger partial charge < -0.3 is 10.2 Å². The first-order valence-electron chi connectivity index (χ1n) is 11.5. The van der Waals surface area contributed by atoms with Crippen LogP contribution in [0.4, 0.5) is 0 Å². The highest BCUT2D eigenvalue weighted by Crippen LogP contribution is 2.36. The summed E-state index contributed by atoms with van der Waals surface area (Å²) in [6.45, 7) is 8.14. The molecule has 0 aliphatic heterocycles. The molecule has 0 atom stereocenters. The highest BCUT2D eigenvalue weighted by atomic mass is 16.4. The van der Waals surface area contributed by atoms with Crippen molar-refractivity contribution in [1.29, 1.82) is 0 Å². The maximum absolute atomic E-state index is 11.7. The van der Waals surface area contributed by atoms with Gasteiger partial charge in [0.25, 0.3) is 0 Å². The van der Waals surface area contributed by atoms with Crippen LogP contribution in [0, 0.1) is 23.7 Å². The molecule has 2 aromatic carbocycles. The third kappa shape index (κ3) is 6.74. The van der Waals surface area contributed by atoms with Gasteiger partial charge in [-0.3, -0.25) is 0 Å². The fraction of sp³-hybridized carbons (Fsp3) is 0.379. The van der Waals surface area contributed by atoms with Crippen molar-refractivity contribution in [2.24, 2.45) is 0 Å². The Morgan fingerprint density at radius 1 is 0.758 bits per heavy atom. The molecule has 0 aliphatic rings. The van der Waals surface area contributed by atoms with Gasteiger partial charge in [-0.2, -0.15) is 0 Å². The summed E-state index contributed by atoms with van der Waals surface area (Å²) in [4.78, 5) is 23.4. The number of hydrogen-bond donors (Lipinski definition) is 2. The van der Waals surface area contributed by atoms with Crippen LogP contribution in [0.3, 0.4) is 0 Å². The molecule has 0 aliphatic carbocycles. The van der Waals surface area contributed by atoms with Crippen molar-refractivity contribution >= 4 is 11.9 Å². The lowest BCUT2D eigenvalue weighted by molar-refractivity contribution is 0.0686. The van der Waals surface area contributed by atoms with Gasteiger partial charge >= 0.3 is 11.9 Å². The molecule has 2 aromatic rings. The van der Waals surface area contributed by atoms with E-state index in [1.54, 1.807) is 36.4 Å². The van der Waals surface area contributed by atoms with Crippen LogP contribution in [0.15, 0.2) is 36.4 Å². The molecule has 33 heavy (non-hydrogen) atoms. The van der Waals surface area contributed by atoms with Crippen molar-refractivity contribution < 1.29 is 19.8 Å². The minimum atomic E-state index is -1.02. The molecule has 0 bridgehead atoms. The van der Waals surface area contributed by atoms with Crippen LogP contribution in [0.2, 0.25) is 0 Å². The van der Waals surface area contributed by atoms with Crippen molar-refractivity contribution in [3.8, 4) is 23.7 Å². The molecule has 2 rings (SSSR count). The lowest BCUT2D eigenvalue weighted by atomic mass is 9.73. The van der Waals surface area contributed by atoms with E-state index in [0.29, 0.717) is 0 Å². The van der Waals surface area contributed by atoms with E-state index in [9.17, 15) is 19.8 Å². The molecule has 0 spiro atoms. The molecule has 2 N–H and O–H groups in total. The first-order valence-corrected chi connectivity index (χ1v) is 11.5. The second-order valence-electron chi connectivity index (χ2n) is 8.57. The topological polar surface area (TPSA) is 74.6 Å². The van der Waals surface area contributed by atoms with E-state index in [1.807, 2.05) is 13.8 Å². The quantitative estimate of drug-likeness (QED) is 0.360. The second-order valence-corrected chi connectivity index (χ2v) is 8.57. The summed E-state index contributed by atoms with van der Waals surface area (Å²) >= 11 is 0. The molecule has 4 nitrogen and oxygen atoms in total. The lowest BCUT2D eigenvalue weighted by Crippen LogP contribution is -2.23. The first kappa shape index (κ1) is 25.8. The predicted octanol–water partition coefficient (Wildman–Crippen LogP) is 6.49. The fourth-order valence-electron chi connectivity index (χ4n) is 3.60. The van der Waals surface area contributed by atoms with Crippen molar-refractivity contribution in [3.05, 3.63) is 69.8 Å². The molecule has 0 fully saturated rings. The summed E-state index contributed by atoms with van der Waals surface area (Å²) in [5, 5.41) is 19.2. The van der Waals surface area contributed by atoms with Crippen LogP contribution < -0.4 is 0 Å². The summed E-state index contributed by atoms with van der Waals surface area (Å²) in [6.07, 6.45) is 5.62. The zero-order valence-electron chi connectivity index (χ0n) is 19.9. The molecule has 0 amide bonds. The number of unbranched alkanes of at least 4 members (excludes halogenated alkanes) is 4. The van der Waals surface area contributed by atoms with Crippen LogP contribution in [-0.4, -0.2) is 22.2 Å². The van der Waals surface area contributed by atoms with Gasteiger partial charge in [0.1, 0.15) is 0 Å². The molecular formula is C29H32O4. The number of hydrogen-bond acceptors (Lipinski definition) is 2. The number of carbonyl (C=O) groups is 2. The first-order chi connectivity index (χ1) is 15.7. The van der Waals surface area contributed by atoms with Crippen LogP contribution in [-0.2, 0) is 5.41 Å². The van der Waals surface area contributed by atoms with E-state index in [-0.39, 0.29) is 11.1 Å². The maximum atomic E-state index is 11.7. The third-order valence-corrected chi connectivity index (χ3v) is 5.64. The molecule has 4 heteroatoms. The molecule has 0 radical (unpaired) electrons. The Morgan fingerprint density at radius 3 is 1.48 bits per heavy atom. The lowest BCUT2D eigenvalue weighted by Gasteiger charge is -2.29. The van der Waals surface area contributed by atoms with Crippen molar-refractivity contribution in [2.75, 3.05) is 0 Å². The number of aromatic carboxylic acids is 2. The Morgan fingerprint density at radius 2 is 1.15 bits per heavy atom. The predicted molar refractivity (Wildman–Crippen MR) is 132 cm³/mol. The Bertz CT molecular complexity index is 1040. The van der Waals surface area contributed by atoms with E-state index >= 15 is 0 Å². The monoisotopic (exact) mass is 444 g/mol. The van der Waals surface area contributed by atoms with Crippen molar-refractivity contribution in [1.82, 2.24) is 0 Å². The third-order valence-electron chi connectivity index (χ3n) is 5.64. The molecule has 0 saturated carbocycles. The Balaban J connectivity index is 2.71. The summed E-state index contributed by atoms with van der Waals surface area (Å²) < 4.78 is 0. The highest BCUT2D eigenvalue weighted by Gasteiger charge is 2.29.